The molecule has 1 spiro atoms. The molecule has 0 amide bonds. The van der Waals surface area contributed by atoms with Crippen molar-refractivity contribution in [2.75, 3.05) is 0 Å². The van der Waals surface area contributed by atoms with Gasteiger partial charge in [0.1, 0.15) is 0 Å². The number of ether oxygens (including phenoxy) is 1. The van der Waals surface area contributed by atoms with Gasteiger partial charge in [-0.1, -0.05) is 85.0 Å². The second-order valence-corrected chi connectivity index (χ2v) is 5.77. The number of esters is 1. The van der Waals surface area contributed by atoms with E-state index < -0.39 is 11.0 Å². The van der Waals surface area contributed by atoms with Crippen molar-refractivity contribution in [3.8, 4) is 0 Å². The number of hydrogen-bond donors (Lipinski definition) is 0. The fourth-order valence-electron chi connectivity index (χ4n) is 3.55. The van der Waals surface area contributed by atoms with E-state index in [0.717, 1.165) is 11.1 Å². The van der Waals surface area contributed by atoms with Crippen molar-refractivity contribution in [1.82, 2.24) is 0 Å². The molecule has 23 heavy (non-hydrogen) atoms. The van der Waals surface area contributed by atoms with E-state index in [4.69, 9.17) is 4.74 Å². The quantitative estimate of drug-likeness (QED) is 0.785. The summed E-state index contributed by atoms with van der Waals surface area (Å²) in [6.45, 7) is 0. The fraction of sp³-hybridized carbons (Fsp3) is 0.0952. The predicted molar refractivity (Wildman–Crippen MR) is 89.9 cm³/mol. The predicted octanol–water partition coefficient (Wildman–Crippen LogP) is 3.95. The van der Waals surface area contributed by atoms with Gasteiger partial charge < -0.3 is 4.74 Å². The van der Waals surface area contributed by atoms with Gasteiger partial charge >= 0.3 is 5.97 Å². The van der Waals surface area contributed by atoms with Crippen LogP contribution in [-0.4, -0.2) is 11.6 Å². The van der Waals surface area contributed by atoms with Crippen LogP contribution in [0.1, 0.15) is 11.1 Å². The summed E-state index contributed by atoms with van der Waals surface area (Å²) in [6.07, 6.45) is 11.7. The maximum absolute atomic E-state index is 12.8. The van der Waals surface area contributed by atoms with Crippen molar-refractivity contribution in [3.63, 3.8) is 0 Å². The van der Waals surface area contributed by atoms with Crippen molar-refractivity contribution in [1.29, 1.82) is 0 Å². The normalized spacial score (nSPS) is 19.9. The maximum atomic E-state index is 12.8. The Morgan fingerprint density at radius 1 is 0.652 bits per heavy atom. The molecule has 2 aliphatic rings. The minimum atomic E-state index is -0.853. The van der Waals surface area contributed by atoms with E-state index in [-0.39, 0.29) is 5.97 Å². The van der Waals surface area contributed by atoms with E-state index in [1.54, 1.807) is 0 Å². The second-order valence-electron chi connectivity index (χ2n) is 5.77. The van der Waals surface area contributed by atoms with E-state index in [2.05, 4.69) is 0 Å². The van der Waals surface area contributed by atoms with Crippen LogP contribution in [0, 0.1) is 0 Å². The van der Waals surface area contributed by atoms with Crippen LogP contribution in [-0.2, 0) is 14.9 Å². The Kier molecular flexibility index (Phi) is 3.05. The van der Waals surface area contributed by atoms with E-state index in [1.807, 2.05) is 97.1 Å². The molecule has 1 aliphatic carbocycles. The Morgan fingerprint density at radius 2 is 1.13 bits per heavy atom. The molecular formula is C21H16O2. The average Bonchev–Trinajstić information content (AvgIpc) is 2.85. The van der Waals surface area contributed by atoms with Crippen molar-refractivity contribution in [2.24, 2.45) is 0 Å². The molecule has 0 saturated carbocycles. The SMILES string of the molecule is O=C1OC2(C=CC=CC=C2)C1(c1ccccc1)c1ccccc1. The number of benzene rings is 2. The molecule has 112 valence electrons. The van der Waals surface area contributed by atoms with Gasteiger partial charge in [0, 0.05) is 0 Å². The van der Waals surface area contributed by atoms with Gasteiger partial charge in [-0.3, -0.25) is 4.79 Å². The number of allylic oxidation sites excluding steroid dienone is 4. The van der Waals surface area contributed by atoms with Crippen molar-refractivity contribution < 1.29 is 9.53 Å². The molecular weight excluding hydrogens is 284 g/mol. The van der Waals surface area contributed by atoms with Crippen LogP contribution in [0.2, 0.25) is 0 Å². The molecule has 0 N–H and O–H groups in total. The minimum absolute atomic E-state index is 0.217. The van der Waals surface area contributed by atoms with Gasteiger partial charge in [0.05, 0.1) is 0 Å². The van der Waals surface area contributed by atoms with E-state index in [9.17, 15) is 4.79 Å². The molecule has 4 rings (SSSR count). The topological polar surface area (TPSA) is 26.3 Å². The standard InChI is InChI=1S/C21H16O2/c22-19-21(17-11-5-3-6-12-17,18-13-7-4-8-14-18)20(23-19)15-9-1-2-10-16-20/h1-16H. The summed E-state index contributed by atoms with van der Waals surface area (Å²) in [6, 6.07) is 19.7. The zero-order chi connectivity index (χ0) is 15.8. The summed E-state index contributed by atoms with van der Waals surface area (Å²) in [5.41, 5.74) is 0.238. The number of carbonyl (C=O) groups excluding carboxylic acids is 1. The highest BCUT2D eigenvalue weighted by molar-refractivity contribution is 5.97. The highest BCUT2D eigenvalue weighted by Gasteiger charge is 2.68. The van der Waals surface area contributed by atoms with Gasteiger partial charge in [-0.05, 0) is 23.3 Å². The molecule has 1 heterocycles. The van der Waals surface area contributed by atoms with Crippen LogP contribution in [0.3, 0.4) is 0 Å². The third kappa shape index (κ3) is 1.78. The second kappa shape index (κ2) is 5.10. The largest absolute Gasteiger partial charge is 0.447 e. The zero-order valence-corrected chi connectivity index (χ0v) is 12.6. The van der Waals surface area contributed by atoms with Crippen LogP contribution >= 0.6 is 0 Å². The van der Waals surface area contributed by atoms with Gasteiger partial charge in [-0.2, -0.15) is 0 Å². The Bertz CT molecular complexity index is 758. The highest BCUT2D eigenvalue weighted by atomic mass is 16.6. The smallest absolute Gasteiger partial charge is 0.327 e. The van der Waals surface area contributed by atoms with Crippen molar-refractivity contribution >= 4 is 5.97 Å². The molecule has 0 radical (unpaired) electrons. The first-order chi connectivity index (χ1) is 11.3. The summed E-state index contributed by atoms with van der Waals surface area (Å²) in [4.78, 5) is 12.8. The molecule has 0 atom stereocenters. The molecule has 2 aromatic carbocycles. The molecule has 1 aliphatic heterocycles. The average molecular weight is 300 g/mol. The molecule has 2 heteroatoms. The van der Waals surface area contributed by atoms with Crippen LogP contribution in [0.4, 0.5) is 0 Å². The first-order valence-corrected chi connectivity index (χ1v) is 7.68. The zero-order valence-electron chi connectivity index (χ0n) is 12.6. The van der Waals surface area contributed by atoms with E-state index in [1.165, 1.54) is 0 Å². The van der Waals surface area contributed by atoms with Gasteiger partial charge in [0.25, 0.3) is 0 Å². The van der Waals surface area contributed by atoms with Crippen LogP contribution in [0.5, 0.6) is 0 Å². The molecule has 0 unspecified atom stereocenters. The van der Waals surface area contributed by atoms with Crippen molar-refractivity contribution in [3.05, 3.63) is 108 Å². The van der Waals surface area contributed by atoms with Gasteiger partial charge in [0.15, 0.2) is 11.0 Å². The lowest BCUT2D eigenvalue weighted by molar-refractivity contribution is -0.193. The summed E-state index contributed by atoms with van der Waals surface area (Å²) in [7, 11) is 0. The molecule has 2 nitrogen and oxygen atoms in total. The molecule has 0 bridgehead atoms. The third-order valence-corrected chi connectivity index (χ3v) is 4.59. The molecule has 1 saturated heterocycles. The summed E-state index contributed by atoms with van der Waals surface area (Å²) >= 11 is 0. The molecule has 0 aromatic heterocycles. The van der Waals surface area contributed by atoms with Gasteiger partial charge in [-0.25, -0.2) is 0 Å². The molecule has 1 fully saturated rings. The lowest BCUT2D eigenvalue weighted by atomic mass is 9.58. The van der Waals surface area contributed by atoms with Gasteiger partial charge in [-0.15, -0.1) is 0 Å². The van der Waals surface area contributed by atoms with Crippen LogP contribution in [0.25, 0.3) is 0 Å². The van der Waals surface area contributed by atoms with E-state index in [0.29, 0.717) is 0 Å². The van der Waals surface area contributed by atoms with E-state index >= 15 is 0 Å². The Morgan fingerprint density at radius 3 is 1.57 bits per heavy atom. The van der Waals surface area contributed by atoms with Crippen molar-refractivity contribution in [2.45, 2.75) is 11.0 Å². The number of rotatable bonds is 2. The summed E-state index contributed by atoms with van der Waals surface area (Å²) < 4.78 is 5.72. The van der Waals surface area contributed by atoms with Crippen LogP contribution in [0.15, 0.2) is 97.1 Å². The minimum Gasteiger partial charge on any atom is -0.447 e. The fourth-order valence-corrected chi connectivity index (χ4v) is 3.55. The third-order valence-electron chi connectivity index (χ3n) is 4.59. The number of hydrogen-bond acceptors (Lipinski definition) is 2. The van der Waals surface area contributed by atoms with Gasteiger partial charge in [0.2, 0.25) is 0 Å². The van der Waals surface area contributed by atoms with Crippen LogP contribution < -0.4 is 0 Å². The Balaban J connectivity index is 2.02. The summed E-state index contributed by atoms with van der Waals surface area (Å²) in [5.74, 6) is -0.217. The first kappa shape index (κ1) is 13.8. The Hall–Kier alpha value is -2.87. The lowest BCUT2D eigenvalue weighted by Gasteiger charge is -2.54. The molecule has 2 aromatic rings. The Labute approximate surface area is 135 Å². The highest BCUT2D eigenvalue weighted by Crippen LogP contribution is 2.54. The summed E-state index contributed by atoms with van der Waals surface area (Å²) in [5, 5.41) is 0. The first-order valence-electron chi connectivity index (χ1n) is 7.68. The monoisotopic (exact) mass is 300 g/mol. The maximum Gasteiger partial charge on any atom is 0.327 e. The lowest BCUT2D eigenvalue weighted by Crippen LogP contribution is -2.68. The number of carbonyl (C=O) groups is 1.